The predicted octanol–water partition coefficient (Wildman–Crippen LogP) is 3.67. The van der Waals surface area contributed by atoms with Crippen molar-refractivity contribution in [2.75, 3.05) is 5.32 Å². The number of anilines is 1. The van der Waals surface area contributed by atoms with Crippen LogP contribution in [0.4, 0.5) is 10.1 Å². The molecule has 1 aromatic rings. The van der Waals surface area contributed by atoms with Crippen LogP contribution in [0.3, 0.4) is 0 Å². The van der Waals surface area contributed by atoms with Gasteiger partial charge in [0.25, 0.3) is 0 Å². The smallest absolute Gasteiger partial charge is 0.123 e. The zero-order chi connectivity index (χ0) is 10.6. The Balaban J connectivity index is 2.56. The highest BCUT2D eigenvalue weighted by Gasteiger charge is 2.09. The van der Waals surface area contributed by atoms with Crippen molar-refractivity contribution in [1.29, 1.82) is 0 Å². The van der Waals surface area contributed by atoms with Crippen molar-refractivity contribution in [3.8, 4) is 0 Å². The van der Waals surface area contributed by atoms with Gasteiger partial charge in [-0.2, -0.15) is 0 Å². The van der Waals surface area contributed by atoms with Gasteiger partial charge in [0.2, 0.25) is 0 Å². The minimum Gasteiger partial charge on any atom is -0.382 e. The Kier molecular flexibility index (Phi) is 3.93. The summed E-state index contributed by atoms with van der Waals surface area (Å²) in [5.74, 6) is 0.437. The van der Waals surface area contributed by atoms with Gasteiger partial charge in [-0.15, -0.1) is 0 Å². The van der Waals surface area contributed by atoms with Crippen LogP contribution in [-0.2, 0) is 0 Å². The molecule has 0 saturated carbocycles. The van der Waals surface area contributed by atoms with Gasteiger partial charge in [0.05, 0.1) is 0 Å². The summed E-state index contributed by atoms with van der Waals surface area (Å²) in [6.45, 7) is 6.53. The Morgan fingerprint density at radius 2 is 1.79 bits per heavy atom. The number of hydrogen-bond acceptors (Lipinski definition) is 1. The molecule has 2 heteroatoms. The molecule has 0 aliphatic rings. The van der Waals surface area contributed by atoms with E-state index in [0.29, 0.717) is 12.0 Å². The van der Waals surface area contributed by atoms with Crippen molar-refractivity contribution in [3.05, 3.63) is 30.1 Å². The fourth-order valence-corrected chi connectivity index (χ4v) is 1.30. The average Bonchev–Trinajstić information content (AvgIpc) is 2.20. The summed E-state index contributed by atoms with van der Waals surface area (Å²) in [6.07, 6.45) is 1.15. The van der Waals surface area contributed by atoms with Crippen molar-refractivity contribution >= 4 is 5.69 Å². The Morgan fingerprint density at radius 3 is 2.29 bits per heavy atom. The van der Waals surface area contributed by atoms with Gasteiger partial charge in [-0.3, -0.25) is 0 Å². The van der Waals surface area contributed by atoms with E-state index >= 15 is 0 Å². The van der Waals surface area contributed by atoms with Gasteiger partial charge in [0, 0.05) is 11.7 Å². The molecule has 0 aliphatic carbocycles. The number of halogens is 1. The maximum atomic E-state index is 12.6. The van der Waals surface area contributed by atoms with E-state index in [1.54, 1.807) is 12.1 Å². The third kappa shape index (κ3) is 3.02. The van der Waals surface area contributed by atoms with Crippen molar-refractivity contribution in [3.63, 3.8) is 0 Å². The van der Waals surface area contributed by atoms with E-state index in [4.69, 9.17) is 0 Å². The van der Waals surface area contributed by atoms with Crippen LogP contribution in [0, 0.1) is 11.7 Å². The molecule has 0 aromatic heterocycles. The molecule has 0 saturated heterocycles. The van der Waals surface area contributed by atoms with Crippen LogP contribution in [-0.4, -0.2) is 6.04 Å². The molecule has 0 heterocycles. The SMILES string of the molecule is CC[C@H](C)[C@H](C)Nc1ccc(F)cc1. The van der Waals surface area contributed by atoms with Crippen LogP contribution in [0.25, 0.3) is 0 Å². The van der Waals surface area contributed by atoms with E-state index in [1.165, 1.54) is 12.1 Å². The van der Waals surface area contributed by atoms with Gasteiger partial charge in [0.15, 0.2) is 0 Å². The molecule has 1 aromatic carbocycles. The third-order valence-corrected chi connectivity index (χ3v) is 2.74. The van der Waals surface area contributed by atoms with Crippen LogP contribution < -0.4 is 5.32 Å². The lowest BCUT2D eigenvalue weighted by Crippen LogP contribution is -2.23. The van der Waals surface area contributed by atoms with Crippen LogP contribution in [0.1, 0.15) is 27.2 Å². The summed E-state index contributed by atoms with van der Waals surface area (Å²) in [4.78, 5) is 0. The summed E-state index contributed by atoms with van der Waals surface area (Å²) in [7, 11) is 0. The lowest BCUT2D eigenvalue weighted by Gasteiger charge is -2.20. The van der Waals surface area contributed by atoms with Crippen molar-refractivity contribution in [2.24, 2.45) is 5.92 Å². The largest absolute Gasteiger partial charge is 0.382 e. The molecule has 1 N–H and O–H groups in total. The molecule has 0 radical (unpaired) electrons. The number of benzene rings is 1. The summed E-state index contributed by atoms with van der Waals surface area (Å²) in [5.41, 5.74) is 0.985. The van der Waals surface area contributed by atoms with Gasteiger partial charge in [-0.05, 0) is 37.1 Å². The molecule has 0 unspecified atom stereocenters. The molecule has 78 valence electrons. The van der Waals surface area contributed by atoms with Crippen molar-refractivity contribution in [2.45, 2.75) is 33.2 Å². The maximum absolute atomic E-state index is 12.6. The number of rotatable bonds is 4. The van der Waals surface area contributed by atoms with E-state index < -0.39 is 0 Å². The first-order valence-electron chi connectivity index (χ1n) is 5.15. The average molecular weight is 195 g/mol. The first kappa shape index (κ1) is 11.0. The molecule has 1 rings (SSSR count). The van der Waals surface area contributed by atoms with Gasteiger partial charge in [-0.1, -0.05) is 20.3 Å². The van der Waals surface area contributed by atoms with Crippen molar-refractivity contribution in [1.82, 2.24) is 0 Å². The second kappa shape index (κ2) is 4.99. The first-order chi connectivity index (χ1) is 6.63. The third-order valence-electron chi connectivity index (χ3n) is 2.74. The molecule has 14 heavy (non-hydrogen) atoms. The monoisotopic (exact) mass is 195 g/mol. The first-order valence-corrected chi connectivity index (χ1v) is 5.15. The molecule has 0 amide bonds. The zero-order valence-corrected chi connectivity index (χ0v) is 9.05. The van der Waals surface area contributed by atoms with Gasteiger partial charge in [-0.25, -0.2) is 4.39 Å². The Labute approximate surface area is 85.3 Å². The van der Waals surface area contributed by atoms with Crippen LogP contribution in [0.5, 0.6) is 0 Å². The highest BCUT2D eigenvalue weighted by atomic mass is 19.1. The summed E-state index contributed by atoms with van der Waals surface area (Å²) in [6, 6.07) is 6.92. The Morgan fingerprint density at radius 1 is 1.21 bits per heavy atom. The zero-order valence-electron chi connectivity index (χ0n) is 9.05. The van der Waals surface area contributed by atoms with E-state index in [2.05, 4.69) is 26.1 Å². The van der Waals surface area contributed by atoms with E-state index in [0.717, 1.165) is 12.1 Å². The lowest BCUT2D eigenvalue weighted by molar-refractivity contribution is 0.494. The minimum atomic E-state index is -0.188. The lowest BCUT2D eigenvalue weighted by atomic mass is 10.0. The quantitative estimate of drug-likeness (QED) is 0.773. The Hall–Kier alpha value is -1.05. The van der Waals surface area contributed by atoms with E-state index in [1.807, 2.05) is 0 Å². The summed E-state index contributed by atoms with van der Waals surface area (Å²) < 4.78 is 12.6. The maximum Gasteiger partial charge on any atom is 0.123 e. The second-order valence-electron chi connectivity index (χ2n) is 3.83. The predicted molar refractivity (Wildman–Crippen MR) is 58.9 cm³/mol. The molecular formula is C12H18FN. The fraction of sp³-hybridized carbons (Fsp3) is 0.500. The second-order valence-corrected chi connectivity index (χ2v) is 3.83. The van der Waals surface area contributed by atoms with Crippen LogP contribution >= 0.6 is 0 Å². The molecule has 0 aliphatic heterocycles. The summed E-state index contributed by atoms with van der Waals surface area (Å²) in [5, 5.41) is 3.35. The van der Waals surface area contributed by atoms with Gasteiger partial charge in [0.1, 0.15) is 5.82 Å². The minimum absolute atomic E-state index is 0.188. The number of hydrogen-bond donors (Lipinski definition) is 1. The number of nitrogens with one attached hydrogen (secondary N) is 1. The summed E-state index contributed by atoms with van der Waals surface area (Å²) >= 11 is 0. The standard InChI is InChI=1S/C12H18FN/c1-4-9(2)10(3)14-12-7-5-11(13)6-8-12/h5-10,14H,4H2,1-3H3/t9-,10-/m0/s1. The Bertz CT molecular complexity index is 268. The van der Waals surface area contributed by atoms with Crippen molar-refractivity contribution < 1.29 is 4.39 Å². The van der Waals surface area contributed by atoms with Gasteiger partial charge < -0.3 is 5.32 Å². The highest BCUT2D eigenvalue weighted by molar-refractivity contribution is 5.43. The van der Waals surface area contributed by atoms with E-state index in [9.17, 15) is 4.39 Å². The molecule has 0 fully saturated rings. The molecule has 0 spiro atoms. The molecule has 2 atom stereocenters. The molecule has 1 nitrogen and oxygen atoms in total. The van der Waals surface area contributed by atoms with E-state index in [-0.39, 0.29) is 5.82 Å². The van der Waals surface area contributed by atoms with Crippen LogP contribution in [0.15, 0.2) is 24.3 Å². The fourth-order valence-electron chi connectivity index (χ4n) is 1.30. The molecule has 0 bridgehead atoms. The highest BCUT2D eigenvalue weighted by Crippen LogP contribution is 2.15. The van der Waals surface area contributed by atoms with Gasteiger partial charge >= 0.3 is 0 Å². The topological polar surface area (TPSA) is 12.0 Å². The van der Waals surface area contributed by atoms with Crippen LogP contribution in [0.2, 0.25) is 0 Å². The normalized spacial score (nSPS) is 14.9. The molecular weight excluding hydrogens is 177 g/mol.